The zero-order valence-corrected chi connectivity index (χ0v) is 23.8. The van der Waals surface area contributed by atoms with Crippen molar-refractivity contribution in [1.82, 2.24) is 14.9 Å². The molecule has 0 radical (unpaired) electrons. The van der Waals surface area contributed by atoms with Crippen LogP contribution in [0.5, 0.6) is 0 Å². The van der Waals surface area contributed by atoms with E-state index in [-0.39, 0.29) is 47.3 Å². The molecule has 8 nitrogen and oxygen atoms in total. The standard InChI is InChI=1S/C31H33F2N3O5/c1-6-40-29(38)25-18(2)34-27(26-22(32)10-7-11-23(26)33)35-24(25)17-19-12-14-20(15-13-19)21-9-8-16-36(28(21)37)30(39)41-31(3,4)5/h7,10-15,21H,6,8-9,16-17H2,1-5H3. The van der Waals surface area contributed by atoms with E-state index in [1.165, 1.54) is 6.07 Å². The number of benzene rings is 2. The molecule has 4 rings (SSSR count). The molecule has 0 spiro atoms. The Balaban J connectivity index is 1.63. The summed E-state index contributed by atoms with van der Waals surface area (Å²) in [7, 11) is 0. The Bertz CT molecular complexity index is 1450. The lowest BCUT2D eigenvalue weighted by atomic mass is 9.89. The normalized spacial score (nSPS) is 15.5. The summed E-state index contributed by atoms with van der Waals surface area (Å²) in [6.45, 7) is 8.91. The number of aryl methyl sites for hydroxylation is 1. The van der Waals surface area contributed by atoms with Gasteiger partial charge in [-0.2, -0.15) is 0 Å². The first kappa shape index (κ1) is 29.8. The molecule has 1 saturated heterocycles. The molecule has 0 bridgehead atoms. The second-order valence-corrected chi connectivity index (χ2v) is 10.9. The van der Waals surface area contributed by atoms with E-state index in [0.29, 0.717) is 19.4 Å². The van der Waals surface area contributed by atoms with Gasteiger partial charge in [0.15, 0.2) is 5.82 Å². The van der Waals surface area contributed by atoms with E-state index < -0.39 is 35.2 Å². The van der Waals surface area contributed by atoms with E-state index in [4.69, 9.17) is 9.47 Å². The maximum atomic E-state index is 14.5. The molecule has 1 aliphatic heterocycles. The van der Waals surface area contributed by atoms with Gasteiger partial charge in [0.25, 0.3) is 0 Å². The number of amides is 2. The number of imide groups is 1. The molecule has 2 heterocycles. The van der Waals surface area contributed by atoms with Gasteiger partial charge in [0.05, 0.1) is 29.5 Å². The largest absolute Gasteiger partial charge is 0.462 e. The molecule has 3 aromatic rings. The third-order valence-electron chi connectivity index (χ3n) is 6.64. The van der Waals surface area contributed by atoms with E-state index in [9.17, 15) is 23.2 Å². The predicted octanol–water partition coefficient (Wildman–Crippen LogP) is 6.14. The number of aromatic nitrogens is 2. The summed E-state index contributed by atoms with van der Waals surface area (Å²) in [5.74, 6) is -3.26. The fraction of sp³-hybridized carbons (Fsp3) is 0.387. The van der Waals surface area contributed by atoms with Crippen molar-refractivity contribution < 1.29 is 32.6 Å². The first-order chi connectivity index (χ1) is 19.4. The number of nitrogens with zero attached hydrogens (tertiary/aromatic N) is 3. The SMILES string of the molecule is CCOC(=O)c1c(C)nc(-c2c(F)cccc2F)nc1Cc1ccc(C2CCCN(C(=O)OC(C)(C)C)C2=O)cc1. The Morgan fingerprint density at radius 2 is 1.71 bits per heavy atom. The summed E-state index contributed by atoms with van der Waals surface area (Å²) in [6.07, 6.45) is 0.726. The zero-order chi connectivity index (χ0) is 29.9. The first-order valence-corrected chi connectivity index (χ1v) is 13.5. The number of likely N-dealkylation sites (tertiary alicyclic amines) is 1. The third-order valence-corrected chi connectivity index (χ3v) is 6.64. The van der Waals surface area contributed by atoms with Crippen LogP contribution in [0, 0.1) is 18.6 Å². The van der Waals surface area contributed by atoms with Gasteiger partial charge in [-0.05, 0) is 70.7 Å². The number of ether oxygens (including phenoxy) is 2. The molecule has 2 aromatic carbocycles. The first-order valence-electron chi connectivity index (χ1n) is 13.5. The number of rotatable bonds is 6. The molecule has 2 amide bonds. The van der Waals surface area contributed by atoms with E-state index in [2.05, 4.69) is 9.97 Å². The van der Waals surface area contributed by atoms with Crippen LogP contribution in [0.25, 0.3) is 11.4 Å². The fourth-order valence-electron chi connectivity index (χ4n) is 4.80. The summed E-state index contributed by atoms with van der Waals surface area (Å²) < 4.78 is 39.7. The molecule has 0 saturated carbocycles. The lowest BCUT2D eigenvalue weighted by molar-refractivity contribution is -0.134. The lowest BCUT2D eigenvalue weighted by Gasteiger charge is -2.32. The number of halogens is 2. The van der Waals surface area contributed by atoms with Crippen LogP contribution in [0.1, 0.15) is 79.3 Å². The topological polar surface area (TPSA) is 98.7 Å². The molecule has 1 fully saturated rings. The average molecular weight is 566 g/mol. The smallest absolute Gasteiger partial charge is 0.417 e. The van der Waals surface area contributed by atoms with Crippen molar-refractivity contribution in [2.75, 3.05) is 13.2 Å². The number of carbonyl (C=O) groups is 3. The highest BCUT2D eigenvalue weighted by molar-refractivity contribution is 5.96. The van der Waals surface area contributed by atoms with Crippen molar-refractivity contribution in [3.8, 4) is 11.4 Å². The molecule has 216 valence electrons. The predicted molar refractivity (Wildman–Crippen MR) is 147 cm³/mol. The van der Waals surface area contributed by atoms with Gasteiger partial charge in [-0.25, -0.2) is 33.2 Å². The monoisotopic (exact) mass is 565 g/mol. The number of hydrogen-bond donors (Lipinski definition) is 0. The number of carbonyl (C=O) groups excluding carboxylic acids is 3. The van der Waals surface area contributed by atoms with E-state index >= 15 is 0 Å². The van der Waals surface area contributed by atoms with E-state index in [1.54, 1.807) is 58.9 Å². The van der Waals surface area contributed by atoms with Crippen LogP contribution in [0.2, 0.25) is 0 Å². The zero-order valence-electron chi connectivity index (χ0n) is 23.8. The van der Waals surface area contributed by atoms with Crippen LogP contribution in [0.3, 0.4) is 0 Å². The molecule has 1 atom stereocenters. The van der Waals surface area contributed by atoms with Gasteiger partial charge in [0.2, 0.25) is 5.91 Å². The van der Waals surface area contributed by atoms with Crippen molar-refractivity contribution in [1.29, 1.82) is 0 Å². The van der Waals surface area contributed by atoms with E-state index in [1.807, 2.05) is 0 Å². The summed E-state index contributed by atoms with van der Waals surface area (Å²) in [6, 6.07) is 10.7. The summed E-state index contributed by atoms with van der Waals surface area (Å²) >= 11 is 0. The second-order valence-electron chi connectivity index (χ2n) is 10.9. The van der Waals surface area contributed by atoms with Crippen molar-refractivity contribution in [2.45, 2.75) is 65.4 Å². The van der Waals surface area contributed by atoms with E-state index in [0.717, 1.165) is 28.2 Å². The minimum Gasteiger partial charge on any atom is -0.462 e. The molecule has 1 unspecified atom stereocenters. The van der Waals surface area contributed by atoms with Crippen molar-refractivity contribution in [3.63, 3.8) is 0 Å². The van der Waals surface area contributed by atoms with Crippen LogP contribution in [-0.2, 0) is 20.7 Å². The fourth-order valence-corrected chi connectivity index (χ4v) is 4.80. The van der Waals surface area contributed by atoms with Crippen LogP contribution in [0.15, 0.2) is 42.5 Å². The minimum atomic E-state index is -0.818. The molecule has 10 heteroatoms. The van der Waals surface area contributed by atoms with Crippen molar-refractivity contribution >= 4 is 18.0 Å². The van der Waals surface area contributed by atoms with Gasteiger partial charge >= 0.3 is 12.1 Å². The Labute approximate surface area is 237 Å². The Kier molecular flexibility index (Phi) is 8.80. The quantitative estimate of drug-likeness (QED) is 0.331. The summed E-state index contributed by atoms with van der Waals surface area (Å²) in [5, 5.41) is 0. The average Bonchev–Trinajstić information content (AvgIpc) is 2.88. The van der Waals surface area contributed by atoms with Gasteiger partial charge in [0.1, 0.15) is 22.8 Å². The van der Waals surface area contributed by atoms with Gasteiger partial charge in [-0.15, -0.1) is 0 Å². The maximum Gasteiger partial charge on any atom is 0.417 e. The highest BCUT2D eigenvalue weighted by Crippen LogP contribution is 2.31. The second kappa shape index (κ2) is 12.1. The van der Waals surface area contributed by atoms with Crippen LogP contribution in [-0.4, -0.2) is 51.6 Å². The number of esters is 1. The van der Waals surface area contributed by atoms with Crippen LogP contribution < -0.4 is 0 Å². The van der Waals surface area contributed by atoms with Crippen molar-refractivity contribution in [2.24, 2.45) is 0 Å². The third kappa shape index (κ3) is 6.75. The molecule has 1 aliphatic rings. The Morgan fingerprint density at radius 3 is 2.32 bits per heavy atom. The Morgan fingerprint density at radius 1 is 1.05 bits per heavy atom. The molecule has 0 N–H and O–H groups in total. The lowest BCUT2D eigenvalue weighted by Crippen LogP contribution is -2.46. The summed E-state index contributed by atoms with van der Waals surface area (Å²) in [5.41, 5.74) is 1.00. The molecular weight excluding hydrogens is 532 g/mol. The van der Waals surface area contributed by atoms with Gasteiger partial charge in [-0.3, -0.25) is 4.79 Å². The highest BCUT2D eigenvalue weighted by Gasteiger charge is 2.36. The van der Waals surface area contributed by atoms with Gasteiger partial charge < -0.3 is 9.47 Å². The number of piperidine rings is 1. The Hall–Kier alpha value is -4.21. The molecule has 0 aliphatic carbocycles. The molecule has 41 heavy (non-hydrogen) atoms. The number of hydrogen-bond acceptors (Lipinski definition) is 7. The molecular formula is C31H33F2N3O5. The van der Waals surface area contributed by atoms with Gasteiger partial charge in [-0.1, -0.05) is 30.3 Å². The van der Waals surface area contributed by atoms with Gasteiger partial charge in [0, 0.05) is 13.0 Å². The maximum absolute atomic E-state index is 14.5. The minimum absolute atomic E-state index is 0.131. The summed E-state index contributed by atoms with van der Waals surface area (Å²) in [4.78, 5) is 48.3. The molecule has 1 aromatic heterocycles. The van der Waals surface area contributed by atoms with Crippen LogP contribution >= 0.6 is 0 Å². The highest BCUT2D eigenvalue weighted by atomic mass is 19.1. The van der Waals surface area contributed by atoms with Crippen LogP contribution in [0.4, 0.5) is 13.6 Å². The van der Waals surface area contributed by atoms with Crippen molar-refractivity contribution in [3.05, 3.63) is 82.2 Å².